The summed E-state index contributed by atoms with van der Waals surface area (Å²) >= 11 is 1.52. The molecule has 1 aliphatic rings. The van der Waals surface area contributed by atoms with E-state index in [9.17, 15) is 13.2 Å². The second-order valence-electron chi connectivity index (χ2n) is 7.39. The number of benzene rings is 1. The molecule has 0 spiro atoms. The van der Waals surface area contributed by atoms with Crippen LogP contribution in [0.1, 0.15) is 47.1 Å². The summed E-state index contributed by atoms with van der Waals surface area (Å²) in [6.45, 7) is 2.20. The lowest BCUT2D eigenvalue weighted by molar-refractivity contribution is 0.102. The third-order valence-corrected chi connectivity index (χ3v) is 8.02. The number of carbonyl (C=O) groups excluding carboxylic acids is 1. The molecule has 1 amide bonds. The quantitative estimate of drug-likeness (QED) is 0.715. The van der Waals surface area contributed by atoms with Crippen molar-refractivity contribution in [2.24, 2.45) is 5.92 Å². The summed E-state index contributed by atoms with van der Waals surface area (Å²) < 4.78 is 31.4. The van der Waals surface area contributed by atoms with Crippen LogP contribution in [-0.4, -0.2) is 44.8 Å². The minimum atomic E-state index is -3.75. The minimum Gasteiger partial charge on any atom is -0.495 e. The first-order valence-corrected chi connectivity index (χ1v) is 11.9. The lowest BCUT2D eigenvalue weighted by Crippen LogP contribution is -2.23. The van der Waals surface area contributed by atoms with Crippen LogP contribution >= 0.6 is 11.3 Å². The van der Waals surface area contributed by atoms with E-state index >= 15 is 0 Å². The van der Waals surface area contributed by atoms with Crippen molar-refractivity contribution in [3.63, 3.8) is 0 Å². The predicted molar refractivity (Wildman–Crippen MR) is 114 cm³/mol. The maximum absolute atomic E-state index is 12.7. The number of nitrogens with zero attached hydrogens (tertiary/aromatic N) is 2. The Bertz CT molecular complexity index is 999. The van der Waals surface area contributed by atoms with E-state index in [4.69, 9.17) is 4.74 Å². The number of aromatic nitrogens is 1. The summed E-state index contributed by atoms with van der Waals surface area (Å²) in [4.78, 5) is 18.5. The van der Waals surface area contributed by atoms with Crippen molar-refractivity contribution in [1.82, 2.24) is 9.29 Å². The maximum atomic E-state index is 12.7. The van der Waals surface area contributed by atoms with Gasteiger partial charge in [-0.1, -0.05) is 19.8 Å². The van der Waals surface area contributed by atoms with Gasteiger partial charge in [0.05, 0.1) is 12.8 Å². The van der Waals surface area contributed by atoms with Gasteiger partial charge in [-0.25, -0.2) is 17.7 Å². The van der Waals surface area contributed by atoms with Crippen molar-refractivity contribution in [1.29, 1.82) is 0 Å². The molecule has 1 aromatic heterocycles. The largest absolute Gasteiger partial charge is 0.495 e. The maximum Gasteiger partial charge on any atom is 0.257 e. The number of aryl methyl sites for hydroxylation is 1. The summed E-state index contributed by atoms with van der Waals surface area (Å²) in [6, 6.07) is 4.38. The zero-order chi connectivity index (χ0) is 21.2. The van der Waals surface area contributed by atoms with Crippen molar-refractivity contribution < 1.29 is 17.9 Å². The molecule has 1 heterocycles. The van der Waals surface area contributed by atoms with Gasteiger partial charge in [0.1, 0.15) is 10.6 Å². The molecule has 1 aromatic carbocycles. The zero-order valence-electron chi connectivity index (χ0n) is 17.2. The first-order valence-electron chi connectivity index (χ1n) is 9.66. The third kappa shape index (κ3) is 4.62. The number of ether oxygens (including phenoxy) is 1. The Morgan fingerprint density at radius 1 is 1.38 bits per heavy atom. The van der Waals surface area contributed by atoms with Crippen molar-refractivity contribution in [3.05, 3.63) is 34.3 Å². The molecule has 29 heavy (non-hydrogen) atoms. The summed E-state index contributed by atoms with van der Waals surface area (Å²) in [5.41, 5.74) is 1.31. The minimum absolute atomic E-state index is 0.0431. The highest BCUT2D eigenvalue weighted by molar-refractivity contribution is 7.89. The highest BCUT2D eigenvalue weighted by Crippen LogP contribution is 2.34. The Balaban J connectivity index is 1.82. The Labute approximate surface area is 176 Å². The van der Waals surface area contributed by atoms with Crippen molar-refractivity contribution >= 4 is 32.4 Å². The van der Waals surface area contributed by atoms with Crippen LogP contribution < -0.4 is 10.1 Å². The van der Waals surface area contributed by atoms with E-state index in [-0.39, 0.29) is 22.1 Å². The molecule has 158 valence electrons. The number of hydrogen-bond donors (Lipinski definition) is 1. The standard InChI is InChI=1S/C20H27N3O4S2/c1-5-6-13-7-9-15-17(11-13)28-20(21-15)22-19(24)14-8-10-16(27-4)18(12-14)29(25,26)23(2)3/h8,10,12-13H,5-7,9,11H2,1-4H3,(H,21,22,24). The summed E-state index contributed by atoms with van der Waals surface area (Å²) in [5, 5.41) is 3.39. The van der Waals surface area contributed by atoms with Gasteiger partial charge < -0.3 is 4.74 Å². The number of sulfonamides is 1. The van der Waals surface area contributed by atoms with Crippen LogP contribution in [0.5, 0.6) is 5.75 Å². The zero-order valence-corrected chi connectivity index (χ0v) is 18.8. The van der Waals surface area contributed by atoms with Crippen LogP contribution in [0.2, 0.25) is 0 Å². The molecule has 0 bridgehead atoms. The van der Waals surface area contributed by atoms with Gasteiger partial charge >= 0.3 is 0 Å². The molecule has 1 N–H and O–H groups in total. The highest BCUT2D eigenvalue weighted by Gasteiger charge is 2.25. The second kappa shape index (κ2) is 8.81. The fraction of sp³-hybridized carbons (Fsp3) is 0.500. The van der Waals surface area contributed by atoms with Gasteiger partial charge in [-0.2, -0.15) is 0 Å². The summed E-state index contributed by atoms with van der Waals surface area (Å²) in [6.07, 6.45) is 5.50. The lowest BCUT2D eigenvalue weighted by atomic mass is 9.88. The number of fused-ring (bicyclic) bond motifs is 1. The van der Waals surface area contributed by atoms with E-state index in [1.807, 2.05) is 0 Å². The molecular formula is C20H27N3O4S2. The smallest absolute Gasteiger partial charge is 0.257 e. The Morgan fingerprint density at radius 3 is 2.79 bits per heavy atom. The molecule has 0 fully saturated rings. The highest BCUT2D eigenvalue weighted by atomic mass is 32.2. The molecule has 9 heteroatoms. The average Bonchev–Trinajstić information content (AvgIpc) is 3.09. The number of nitrogens with one attached hydrogen (secondary N) is 1. The monoisotopic (exact) mass is 437 g/mol. The Kier molecular flexibility index (Phi) is 6.60. The SMILES string of the molecule is CCCC1CCc2nc(NC(=O)c3ccc(OC)c(S(=O)(=O)N(C)C)c3)sc2C1. The second-order valence-corrected chi connectivity index (χ2v) is 10.6. The van der Waals surface area contributed by atoms with Gasteiger partial charge in [0.15, 0.2) is 5.13 Å². The fourth-order valence-electron chi connectivity index (χ4n) is 3.54. The van der Waals surface area contributed by atoms with E-state index in [0.717, 1.165) is 29.3 Å². The molecule has 1 aliphatic carbocycles. The van der Waals surface area contributed by atoms with E-state index in [0.29, 0.717) is 11.0 Å². The van der Waals surface area contributed by atoms with Crippen LogP contribution in [0.15, 0.2) is 23.1 Å². The van der Waals surface area contributed by atoms with Gasteiger partial charge in [0.2, 0.25) is 10.0 Å². The molecule has 1 atom stereocenters. The van der Waals surface area contributed by atoms with E-state index in [2.05, 4.69) is 17.2 Å². The molecular weight excluding hydrogens is 410 g/mol. The Morgan fingerprint density at radius 2 is 2.14 bits per heavy atom. The molecule has 3 rings (SSSR count). The van der Waals surface area contributed by atoms with Gasteiger partial charge in [-0.05, 0) is 43.4 Å². The number of hydrogen-bond acceptors (Lipinski definition) is 6. The Hall–Kier alpha value is -1.97. The topological polar surface area (TPSA) is 88.6 Å². The number of methoxy groups -OCH3 is 1. The van der Waals surface area contributed by atoms with E-state index in [1.165, 1.54) is 62.4 Å². The molecule has 0 saturated carbocycles. The number of rotatable bonds is 7. The van der Waals surface area contributed by atoms with Crippen molar-refractivity contribution in [2.75, 3.05) is 26.5 Å². The number of amides is 1. The van der Waals surface area contributed by atoms with Gasteiger partial charge in [-0.15, -0.1) is 11.3 Å². The molecule has 1 unspecified atom stereocenters. The third-order valence-electron chi connectivity index (χ3n) is 5.14. The van der Waals surface area contributed by atoms with Crippen LogP contribution in [0, 0.1) is 5.92 Å². The molecule has 0 aliphatic heterocycles. The van der Waals surface area contributed by atoms with Gasteiger partial charge in [-0.3, -0.25) is 10.1 Å². The number of carbonyl (C=O) groups is 1. The molecule has 2 aromatic rings. The summed E-state index contributed by atoms with van der Waals surface area (Å²) in [7, 11) is 0.527. The van der Waals surface area contributed by atoms with E-state index in [1.54, 1.807) is 6.07 Å². The summed E-state index contributed by atoms with van der Waals surface area (Å²) in [5.74, 6) is 0.498. The first-order chi connectivity index (χ1) is 13.8. The van der Waals surface area contributed by atoms with Crippen molar-refractivity contribution in [3.8, 4) is 5.75 Å². The van der Waals surface area contributed by atoms with E-state index < -0.39 is 10.0 Å². The van der Waals surface area contributed by atoms with Gasteiger partial charge in [0, 0.05) is 24.5 Å². The first kappa shape index (κ1) is 21.7. The van der Waals surface area contributed by atoms with Crippen LogP contribution in [0.3, 0.4) is 0 Å². The fourth-order valence-corrected chi connectivity index (χ4v) is 5.73. The molecule has 7 nitrogen and oxygen atoms in total. The normalized spacial score (nSPS) is 16.5. The molecule has 0 radical (unpaired) electrons. The number of anilines is 1. The van der Waals surface area contributed by atoms with Crippen LogP contribution in [0.25, 0.3) is 0 Å². The van der Waals surface area contributed by atoms with Gasteiger partial charge in [0.25, 0.3) is 5.91 Å². The number of thiazole rings is 1. The predicted octanol–water partition coefficient (Wildman–Crippen LogP) is 3.56. The van der Waals surface area contributed by atoms with Crippen LogP contribution in [0.4, 0.5) is 5.13 Å². The average molecular weight is 438 g/mol. The molecule has 0 saturated heterocycles. The lowest BCUT2D eigenvalue weighted by Gasteiger charge is -2.19. The van der Waals surface area contributed by atoms with Crippen LogP contribution in [-0.2, 0) is 22.9 Å². The van der Waals surface area contributed by atoms with Crippen molar-refractivity contribution in [2.45, 2.75) is 43.9 Å².